The van der Waals surface area contributed by atoms with Crippen LogP contribution in [0, 0.1) is 0 Å². The lowest BCUT2D eigenvalue weighted by molar-refractivity contribution is 0.262. The van der Waals surface area contributed by atoms with Gasteiger partial charge in [0.2, 0.25) is 5.13 Å². The Kier molecular flexibility index (Phi) is 6.37. The first-order valence-corrected chi connectivity index (χ1v) is 12.3. The highest BCUT2D eigenvalue weighted by Crippen LogP contribution is 2.33. The van der Waals surface area contributed by atoms with E-state index in [1.54, 1.807) is 24.3 Å². The van der Waals surface area contributed by atoms with Crippen molar-refractivity contribution in [3.8, 4) is 22.1 Å². The van der Waals surface area contributed by atoms with Gasteiger partial charge in [0.1, 0.15) is 16.3 Å². The molecule has 174 valence electrons. The number of hydrogen-bond donors (Lipinski definition) is 3. The van der Waals surface area contributed by atoms with E-state index in [4.69, 9.17) is 4.74 Å². The molecule has 0 bridgehead atoms. The molecule has 0 aliphatic carbocycles. The predicted molar refractivity (Wildman–Crippen MR) is 136 cm³/mol. The maximum Gasteiger partial charge on any atom is 0.325 e. The van der Waals surface area contributed by atoms with Gasteiger partial charge in [-0.2, -0.15) is 0 Å². The number of fused-ring (bicyclic) bond motifs is 1. The van der Waals surface area contributed by atoms with Crippen molar-refractivity contribution in [1.82, 2.24) is 25.1 Å². The summed E-state index contributed by atoms with van der Waals surface area (Å²) >= 11 is 2.74. The third-order valence-electron chi connectivity index (χ3n) is 4.75. The van der Waals surface area contributed by atoms with Crippen molar-refractivity contribution in [2.75, 3.05) is 16.9 Å². The summed E-state index contributed by atoms with van der Waals surface area (Å²) in [5, 5.41) is 14.8. The number of pyridine rings is 1. The maximum atomic E-state index is 12.6. The lowest BCUT2D eigenvalue weighted by Crippen LogP contribution is -2.19. The predicted octanol–water partition coefficient (Wildman–Crippen LogP) is 4.99. The number of aromatic amines is 1. The van der Waals surface area contributed by atoms with Crippen LogP contribution in [0.2, 0.25) is 0 Å². The van der Waals surface area contributed by atoms with Crippen LogP contribution >= 0.6 is 23.1 Å². The highest BCUT2D eigenvalue weighted by molar-refractivity contribution is 7.98. The summed E-state index contributed by atoms with van der Waals surface area (Å²) in [5.74, 6) is 0.986. The molecule has 35 heavy (non-hydrogen) atoms. The van der Waals surface area contributed by atoms with Gasteiger partial charge in [-0.15, -0.1) is 22.0 Å². The summed E-state index contributed by atoms with van der Waals surface area (Å²) in [7, 11) is 0. The standard InChI is InChI=1S/C23H17N7O3S2/c1-34-17-11-14(33-16-9-10-24-20-19(16)25-12-18(31)27-20)7-8-15(17)26-22(32)28-23-30-29-21(35-23)13-5-3-2-4-6-13/h2-12H,1H3,(H,24,27,31)(H2,26,28,30,32). The first kappa shape index (κ1) is 22.5. The van der Waals surface area contributed by atoms with Crippen LogP contribution in [-0.2, 0) is 0 Å². The Bertz CT molecular complexity index is 1570. The maximum absolute atomic E-state index is 12.6. The van der Waals surface area contributed by atoms with E-state index in [-0.39, 0.29) is 5.56 Å². The Balaban J connectivity index is 1.30. The molecule has 3 aromatic heterocycles. The topological polar surface area (TPSA) is 135 Å². The molecular weight excluding hydrogens is 486 g/mol. The number of carbonyl (C=O) groups excluding carboxylic acids is 1. The third-order valence-corrected chi connectivity index (χ3v) is 6.42. The number of carbonyl (C=O) groups is 1. The van der Waals surface area contributed by atoms with Gasteiger partial charge in [0.05, 0.1) is 11.9 Å². The van der Waals surface area contributed by atoms with Gasteiger partial charge >= 0.3 is 6.03 Å². The van der Waals surface area contributed by atoms with Crippen LogP contribution in [0.5, 0.6) is 11.5 Å². The fourth-order valence-electron chi connectivity index (χ4n) is 3.19. The average molecular weight is 504 g/mol. The lowest BCUT2D eigenvalue weighted by Gasteiger charge is -2.12. The number of benzene rings is 2. The molecule has 2 amide bonds. The zero-order valence-corrected chi connectivity index (χ0v) is 19.8. The molecule has 0 atom stereocenters. The van der Waals surface area contributed by atoms with Crippen molar-refractivity contribution in [3.05, 3.63) is 77.3 Å². The molecule has 2 aromatic carbocycles. The summed E-state index contributed by atoms with van der Waals surface area (Å²) in [6, 6.07) is 16.1. The van der Waals surface area contributed by atoms with Crippen molar-refractivity contribution in [1.29, 1.82) is 0 Å². The zero-order chi connectivity index (χ0) is 24.2. The Morgan fingerprint density at radius 3 is 2.74 bits per heavy atom. The Morgan fingerprint density at radius 1 is 1.06 bits per heavy atom. The Hall–Kier alpha value is -4.29. The second kappa shape index (κ2) is 9.91. The van der Waals surface area contributed by atoms with Crippen LogP contribution in [0.3, 0.4) is 0 Å². The van der Waals surface area contributed by atoms with E-state index < -0.39 is 6.03 Å². The zero-order valence-electron chi connectivity index (χ0n) is 18.2. The first-order valence-electron chi connectivity index (χ1n) is 10.3. The number of H-pyrrole nitrogens is 1. The summed E-state index contributed by atoms with van der Waals surface area (Å²) in [6.07, 6.45) is 4.60. The van der Waals surface area contributed by atoms with Gasteiger partial charge in [-0.25, -0.2) is 14.8 Å². The fourth-order valence-corrected chi connectivity index (χ4v) is 4.51. The number of hydrogen-bond acceptors (Lipinski definition) is 9. The molecular formula is C23H17N7O3S2. The number of thioether (sulfide) groups is 1. The molecule has 3 N–H and O–H groups in total. The number of amides is 2. The van der Waals surface area contributed by atoms with Crippen LogP contribution in [0.4, 0.5) is 15.6 Å². The number of ether oxygens (including phenoxy) is 1. The molecule has 5 aromatic rings. The Morgan fingerprint density at radius 2 is 1.91 bits per heavy atom. The molecule has 0 spiro atoms. The highest BCUT2D eigenvalue weighted by atomic mass is 32.2. The van der Waals surface area contributed by atoms with E-state index in [9.17, 15) is 9.59 Å². The number of urea groups is 1. The van der Waals surface area contributed by atoms with Gasteiger partial charge in [-0.1, -0.05) is 41.7 Å². The van der Waals surface area contributed by atoms with E-state index >= 15 is 0 Å². The van der Waals surface area contributed by atoms with Crippen molar-refractivity contribution in [2.45, 2.75) is 4.90 Å². The number of rotatable bonds is 6. The number of anilines is 2. The summed E-state index contributed by atoms with van der Waals surface area (Å²) in [4.78, 5) is 35.7. The molecule has 0 radical (unpaired) electrons. The molecule has 0 fully saturated rings. The van der Waals surface area contributed by atoms with Crippen LogP contribution in [-0.4, -0.2) is 37.4 Å². The molecule has 0 unspecified atom stereocenters. The van der Waals surface area contributed by atoms with Gasteiger partial charge in [0.25, 0.3) is 5.56 Å². The Labute approximate surface area is 206 Å². The second-order valence-corrected chi connectivity index (χ2v) is 8.90. The molecule has 12 heteroatoms. The average Bonchev–Trinajstić information content (AvgIpc) is 3.33. The molecule has 0 aliphatic rings. The molecule has 0 saturated carbocycles. The summed E-state index contributed by atoms with van der Waals surface area (Å²) in [6.45, 7) is 0. The van der Waals surface area contributed by atoms with E-state index in [0.717, 1.165) is 15.5 Å². The normalized spacial score (nSPS) is 10.8. The SMILES string of the molecule is CSc1cc(Oc2ccnc3[nH]c(=O)cnc23)ccc1NC(=O)Nc1nnc(-c2ccccc2)s1. The highest BCUT2D eigenvalue weighted by Gasteiger charge is 2.13. The minimum atomic E-state index is -0.432. The van der Waals surface area contributed by atoms with E-state index in [0.29, 0.717) is 33.5 Å². The van der Waals surface area contributed by atoms with Gasteiger partial charge in [0, 0.05) is 22.7 Å². The third kappa shape index (κ3) is 5.13. The molecule has 3 heterocycles. The van der Waals surface area contributed by atoms with Crippen LogP contribution in [0.25, 0.3) is 21.7 Å². The van der Waals surface area contributed by atoms with Crippen LogP contribution in [0.15, 0.2) is 76.7 Å². The second-order valence-electron chi connectivity index (χ2n) is 7.08. The monoisotopic (exact) mass is 503 g/mol. The van der Waals surface area contributed by atoms with Gasteiger partial charge in [-0.05, 0) is 24.5 Å². The smallest absolute Gasteiger partial charge is 0.325 e. The quantitative estimate of drug-likeness (QED) is 0.276. The number of nitrogens with zero attached hydrogens (tertiary/aromatic N) is 4. The van der Waals surface area contributed by atoms with Crippen molar-refractivity contribution in [3.63, 3.8) is 0 Å². The van der Waals surface area contributed by atoms with Gasteiger partial charge < -0.3 is 15.0 Å². The number of nitrogens with one attached hydrogen (secondary N) is 3. The number of aromatic nitrogens is 5. The summed E-state index contributed by atoms with van der Waals surface area (Å²) < 4.78 is 5.99. The van der Waals surface area contributed by atoms with Gasteiger partial charge in [0.15, 0.2) is 11.4 Å². The van der Waals surface area contributed by atoms with E-state index in [2.05, 4.69) is 35.8 Å². The molecule has 5 rings (SSSR count). The van der Waals surface area contributed by atoms with E-state index in [1.165, 1.54) is 35.5 Å². The van der Waals surface area contributed by atoms with Crippen LogP contribution in [0.1, 0.15) is 0 Å². The molecule has 0 aliphatic heterocycles. The van der Waals surface area contributed by atoms with Crippen LogP contribution < -0.4 is 20.9 Å². The van der Waals surface area contributed by atoms with Crippen molar-refractivity contribution < 1.29 is 9.53 Å². The van der Waals surface area contributed by atoms with Gasteiger partial charge in [-0.3, -0.25) is 10.1 Å². The minimum Gasteiger partial charge on any atom is -0.455 e. The molecule has 0 saturated heterocycles. The van der Waals surface area contributed by atoms with E-state index in [1.807, 2.05) is 36.6 Å². The largest absolute Gasteiger partial charge is 0.455 e. The minimum absolute atomic E-state index is 0.335. The van der Waals surface area contributed by atoms with Crippen molar-refractivity contribution >= 4 is 51.1 Å². The summed E-state index contributed by atoms with van der Waals surface area (Å²) in [5.41, 5.74) is 1.97. The van der Waals surface area contributed by atoms with Crippen molar-refractivity contribution in [2.24, 2.45) is 0 Å². The first-order chi connectivity index (χ1) is 17.1. The molecule has 10 nitrogen and oxygen atoms in total. The fraction of sp³-hybridized carbons (Fsp3) is 0.0435. The lowest BCUT2D eigenvalue weighted by atomic mass is 10.2.